The number of carbonyl (C=O) groups excluding carboxylic acids is 1. The Kier molecular flexibility index (Phi) is 6.45. The Hall–Kier alpha value is -2.57. The molecule has 0 bridgehead atoms. The molecule has 1 N–H and O–H groups in total. The summed E-state index contributed by atoms with van der Waals surface area (Å²) in [6.45, 7) is 6.71. The smallest absolute Gasteiger partial charge is 0.258 e. The van der Waals surface area contributed by atoms with Crippen molar-refractivity contribution in [2.75, 3.05) is 11.1 Å². The van der Waals surface area contributed by atoms with Crippen molar-refractivity contribution in [3.05, 3.63) is 75.0 Å². The van der Waals surface area contributed by atoms with Gasteiger partial charge in [0.15, 0.2) is 5.16 Å². The van der Waals surface area contributed by atoms with Crippen LogP contribution in [-0.2, 0) is 23.2 Å². The second kappa shape index (κ2) is 9.12. The molecular formula is C25H26ClN3O2S. The Labute approximate surface area is 197 Å². The highest BCUT2D eigenvalue weighted by atomic mass is 35.5. The summed E-state index contributed by atoms with van der Waals surface area (Å²) >= 11 is 7.19. The summed E-state index contributed by atoms with van der Waals surface area (Å²) in [4.78, 5) is 31.1. The first kappa shape index (κ1) is 22.6. The van der Waals surface area contributed by atoms with Gasteiger partial charge >= 0.3 is 0 Å². The molecule has 5 nitrogen and oxygen atoms in total. The Morgan fingerprint density at radius 3 is 2.59 bits per heavy atom. The lowest BCUT2D eigenvalue weighted by Crippen LogP contribution is -2.39. The fourth-order valence-electron chi connectivity index (χ4n) is 4.24. The second-order valence-corrected chi connectivity index (χ2v) is 9.64. The highest BCUT2D eigenvalue weighted by Gasteiger charge is 2.38. The van der Waals surface area contributed by atoms with E-state index in [0.717, 1.165) is 29.7 Å². The van der Waals surface area contributed by atoms with Gasteiger partial charge in [-0.25, -0.2) is 4.98 Å². The third-order valence-electron chi connectivity index (χ3n) is 6.15. The zero-order valence-electron chi connectivity index (χ0n) is 18.4. The van der Waals surface area contributed by atoms with Crippen molar-refractivity contribution in [2.45, 2.75) is 50.7 Å². The van der Waals surface area contributed by atoms with Crippen LogP contribution in [0.1, 0.15) is 38.3 Å². The van der Waals surface area contributed by atoms with Gasteiger partial charge < -0.3 is 5.32 Å². The van der Waals surface area contributed by atoms with Gasteiger partial charge in [0.1, 0.15) is 0 Å². The minimum absolute atomic E-state index is 0.00281. The molecule has 166 valence electrons. The van der Waals surface area contributed by atoms with Crippen LogP contribution in [0.5, 0.6) is 0 Å². The monoisotopic (exact) mass is 467 g/mol. The van der Waals surface area contributed by atoms with Gasteiger partial charge in [-0.2, -0.15) is 0 Å². The first-order valence-corrected chi connectivity index (χ1v) is 12.1. The summed E-state index contributed by atoms with van der Waals surface area (Å²) in [7, 11) is 0. The molecule has 0 unspecified atom stereocenters. The fourth-order valence-corrected chi connectivity index (χ4v) is 5.22. The van der Waals surface area contributed by atoms with Gasteiger partial charge in [0, 0.05) is 28.2 Å². The lowest BCUT2D eigenvalue weighted by Gasteiger charge is -2.35. The van der Waals surface area contributed by atoms with E-state index in [2.05, 4.69) is 25.2 Å². The van der Waals surface area contributed by atoms with E-state index >= 15 is 0 Å². The van der Waals surface area contributed by atoms with Crippen LogP contribution in [0.25, 0.3) is 11.3 Å². The summed E-state index contributed by atoms with van der Waals surface area (Å²) in [5.41, 5.74) is 4.18. The van der Waals surface area contributed by atoms with Crippen LogP contribution in [0, 0.1) is 0 Å². The Balaban J connectivity index is 1.68. The molecule has 1 aromatic heterocycles. The molecule has 1 aliphatic carbocycles. The molecule has 0 saturated carbocycles. The van der Waals surface area contributed by atoms with Crippen molar-refractivity contribution >= 4 is 35.0 Å². The predicted molar refractivity (Wildman–Crippen MR) is 132 cm³/mol. The van der Waals surface area contributed by atoms with Crippen LogP contribution in [0.15, 0.2) is 58.5 Å². The van der Waals surface area contributed by atoms with E-state index in [1.807, 2.05) is 25.1 Å². The van der Waals surface area contributed by atoms with E-state index in [0.29, 0.717) is 22.4 Å². The van der Waals surface area contributed by atoms with Gasteiger partial charge in [-0.3, -0.25) is 14.2 Å². The van der Waals surface area contributed by atoms with Gasteiger partial charge in [0.05, 0.1) is 17.0 Å². The van der Waals surface area contributed by atoms with Crippen LogP contribution in [0.3, 0.4) is 0 Å². The number of hydrogen-bond donors (Lipinski definition) is 1. The number of rotatable bonds is 6. The largest absolute Gasteiger partial charge is 0.325 e. The van der Waals surface area contributed by atoms with E-state index in [4.69, 9.17) is 16.6 Å². The van der Waals surface area contributed by atoms with Crippen LogP contribution in [0.4, 0.5) is 5.69 Å². The maximum Gasteiger partial charge on any atom is 0.258 e. The quantitative estimate of drug-likeness (QED) is 0.382. The molecule has 1 heterocycles. The minimum atomic E-state index is -0.264. The number of halogens is 1. The normalized spacial score (nSPS) is 16.9. The SMILES string of the molecule is CCn1c(SCC(=O)Nc2ccc(Cl)cc2)nc2c(c1=O)[C@@](C)(CC)Cc1ccccc1-2. The molecule has 7 heteroatoms. The Morgan fingerprint density at radius 2 is 1.91 bits per heavy atom. The Morgan fingerprint density at radius 1 is 1.19 bits per heavy atom. The van der Waals surface area contributed by atoms with Crippen molar-refractivity contribution < 1.29 is 4.79 Å². The third kappa shape index (κ3) is 4.21. The number of thioether (sulfide) groups is 1. The van der Waals surface area contributed by atoms with Crippen molar-refractivity contribution in [2.24, 2.45) is 0 Å². The van der Waals surface area contributed by atoms with Crippen LogP contribution in [0.2, 0.25) is 5.02 Å². The summed E-state index contributed by atoms with van der Waals surface area (Å²) in [6, 6.07) is 15.1. The first-order valence-electron chi connectivity index (χ1n) is 10.8. The third-order valence-corrected chi connectivity index (χ3v) is 7.38. The highest BCUT2D eigenvalue weighted by Crippen LogP contribution is 2.42. The molecule has 3 aromatic rings. The van der Waals surface area contributed by atoms with Crippen molar-refractivity contribution in [1.29, 1.82) is 0 Å². The second-order valence-electron chi connectivity index (χ2n) is 8.26. The number of hydrogen-bond acceptors (Lipinski definition) is 4. The number of nitrogens with zero attached hydrogens (tertiary/aromatic N) is 2. The van der Waals surface area contributed by atoms with Gasteiger partial charge in [-0.05, 0) is 49.6 Å². The molecule has 0 radical (unpaired) electrons. The highest BCUT2D eigenvalue weighted by molar-refractivity contribution is 7.99. The molecular weight excluding hydrogens is 442 g/mol. The van der Waals surface area contributed by atoms with Gasteiger partial charge in [-0.1, -0.05) is 61.5 Å². The topological polar surface area (TPSA) is 64.0 Å². The average Bonchev–Trinajstić information content (AvgIpc) is 2.79. The van der Waals surface area contributed by atoms with Crippen LogP contribution in [-0.4, -0.2) is 21.2 Å². The fraction of sp³-hybridized carbons (Fsp3) is 0.320. The van der Waals surface area contributed by atoms with Crippen molar-refractivity contribution in [3.63, 3.8) is 0 Å². The summed E-state index contributed by atoms with van der Waals surface area (Å²) < 4.78 is 1.70. The lowest BCUT2D eigenvalue weighted by molar-refractivity contribution is -0.113. The molecule has 4 rings (SSSR count). The maximum absolute atomic E-state index is 13.6. The zero-order chi connectivity index (χ0) is 22.9. The van der Waals surface area contributed by atoms with Gasteiger partial charge in [-0.15, -0.1) is 0 Å². The zero-order valence-corrected chi connectivity index (χ0v) is 20.0. The number of aromatic nitrogens is 2. The van der Waals surface area contributed by atoms with E-state index in [1.165, 1.54) is 17.3 Å². The molecule has 2 aromatic carbocycles. The number of carbonyl (C=O) groups is 1. The molecule has 0 aliphatic heterocycles. The number of nitrogens with one attached hydrogen (secondary N) is 1. The number of benzene rings is 2. The van der Waals surface area contributed by atoms with Crippen molar-refractivity contribution in [1.82, 2.24) is 9.55 Å². The van der Waals surface area contributed by atoms with Crippen LogP contribution < -0.4 is 10.9 Å². The summed E-state index contributed by atoms with van der Waals surface area (Å²) in [5.74, 6) is -0.00803. The molecule has 1 amide bonds. The molecule has 32 heavy (non-hydrogen) atoms. The molecule has 1 aliphatic rings. The molecule has 0 fully saturated rings. The number of anilines is 1. The lowest BCUT2D eigenvalue weighted by atomic mass is 9.69. The molecule has 1 atom stereocenters. The van der Waals surface area contributed by atoms with Crippen LogP contribution >= 0.6 is 23.4 Å². The van der Waals surface area contributed by atoms with Gasteiger partial charge in [0.25, 0.3) is 5.56 Å². The Bertz CT molecular complexity index is 1220. The van der Waals surface area contributed by atoms with E-state index in [9.17, 15) is 9.59 Å². The van der Waals surface area contributed by atoms with Crippen molar-refractivity contribution in [3.8, 4) is 11.3 Å². The van der Waals surface area contributed by atoms with Gasteiger partial charge in [0.2, 0.25) is 5.91 Å². The minimum Gasteiger partial charge on any atom is -0.325 e. The van der Waals surface area contributed by atoms with E-state index in [1.54, 1.807) is 28.8 Å². The summed E-state index contributed by atoms with van der Waals surface area (Å²) in [5, 5.41) is 4.04. The molecule has 0 saturated heterocycles. The first-order chi connectivity index (χ1) is 15.4. The molecule has 0 spiro atoms. The standard InChI is InChI=1S/C25H26ClN3O2S/c1-4-25(3)14-16-8-6-7-9-19(16)22-21(25)23(31)29(5-2)24(28-22)32-15-20(30)27-18-12-10-17(26)11-13-18/h6-13H,4-5,14-15H2,1-3H3,(H,27,30)/t25-/m0/s1. The number of fused-ring (bicyclic) bond motifs is 3. The number of amides is 1. The van der Waals surface area contributed by atoms with E-state index < -0.39 is 0 Å². The average molecular weight is 468 g/mol. The maximum atomic E-state index is 13.6. The summed E-state index contributed by atoms with van der Waals surface area (Å²) in [6.07, 6.45) is 1.67. The predicted octanol–water partition coefficient (Wildman–Crippen LogP) is 5.54. The van der Waals surface area contributed by atoms with E-state index in [-0.39, 0.29) is 22.6 Å².